The largest absolute Gasteiger partial charge is 0.320 e. The molecule has 4 nitrogen and oxygen atoms in total. The summed E-state index contributed by atoms with van der Waals surface area (Å²) >= 11 is 5.21. The van der Waals surface area contributed by atoms with Crippen LogP contribution in [0, 0.1) is 13.8 Å². The maximum Gasteiger partial charge on any atom is 0.276 e. The molecule has 3 aromatic rings. The number of amides is 1. The minimum atomic E-state index is -0.163. The van der Waals surface area contributed by atoms with Crippen molar-refractivity contribution in [3.05, 3.63) is 63.3 Å². The van der Waals surface area contributed by atoms with Crippen molar-refractivity contribution in [3.63, 3.8) is 0 Å². The lowest BCUT2D eigenvalue weighted by molar-refractivity contribution is 0.102. The van der Waals surface area contributed by atoms with Gasteiger partial charge in [-0.15, -0.1) is 11.8 Å². The Labute approximate surface area is 165 Å². The van der Waals surface area contributed by atoms with Crippen LogP contribution in [0.2, 0.25) is 0 Å². The summed E-state index contributed by atoms with van der Waals surface area (Å²) in [7, 11) is 1.91. The van der Waals surface area contributed by atoms with Crippen molar-refractivity contribution >= 4 is 39.3 Å². The first-order valence-corrected chi connectivity index (χ1v) is 10.1. The highest BCUT2D eigenvalue weighted by Crippen LogP contribution is 2.43. The third-order valence-electron chi connectivity index (χ3n) is 4.56. The molecule has 4 rings (SSSR count). The summed E-state index contributed by atoms with van der Waals surface area (Å²) in [6.45, 7) is 4.06. The zero-order valence-electron chi connectivity index (χ0n) is 14.8. The van der Waals surface area contributed by atoms with Gasteiger partial charge in [0.2, 0.25) is 0 Å². The Morgan fingerprint density at radius 3 is 2.81 bits per heavy atom. The molecule has 1 aliphatic heterocycles. The number of halogens is 1. The molecular formula is C20H18BrN3OS. The Balaban J connectivity index is 1.73. The summed E-state index contributed by atoms with van der Waals surface area (Å²) in [6.07, 6.45) is 0. The molecule has 2 aromatic carbocycles. The van der Waals surface area contributed by atoms with Crippen molar-refractivity contribution in [1.82, 2.24) is 9.78 Å². The van der Waals surface area contributed by atoms with E-state index in [-0.39, 0.29) is 5.91 Å². The number of carbonyl (C=O) groups excluding carboxylic acids is 1. The van der Waals surface area contributed by atoms with Gasteiger partial charge in [-0.05, 0) is 49.7 Å². The first-order valence-electron chi connectivity index (χ1n) is 8.31. The summed E-state index contributed by atoms with van der Waals surface area (Å²) in [5.41, 5.74) is 6.72. The van der Waals surface area contributed by atoms with E-state index < -0.39 is 0 Å². The zero-order chi connectivity index (χ0) is 18.4. The van der Waals surface area contributed by atoms with Gasteiger partial charge in [0.05, 0.1) is 5.69 Å². The van der Waals surface area contributed by atoms with Gasteiger partial charge in [-0.1, -0.05) is 27.6 Å². The molecule has 1 aliphatic rings. The Hall–Kier alpha value is -2.05. The van der Waals surface area contributed by atoms with Crippen LogP contribution >= 0.6 is 27.7 Å². The first kappa shape index (κ1) is 17.4. The van der Waals surface area contributed by atoms with Gasteiger partial charge in [-0.25, -0.2) is 0 Å². The molecule has 0 fully saturated rings. The van der Waals surface area contributed by atoms with Crippen LogP contribution in [0.5, 0.6) is 0 Å². The number of hydrogen-bond donors (Lipinski definition) is 1. The van der Waals surface area contributed by atoms with Gasteiger partial charge in [-0.3, -0.25) is 9.48 Å². The van der Waals surface area contributed by atoms with Crippen LogP contribution in [0.25, 0.3) is 11.3 Å². The molecule has 1 aromatic heterocycles. The van der Waals surface area contributed by atoms with Crippen LogP contribution < -0.4 is 5.32 Å². The average Bonchev–Trinajstić information content (AvgIpc) is 2.94. The summed E-state index contributed by atoms with van der Waals surface area (Å²) in [6, 6.07) is 12.2. The van der Waals surface area contributed by atoms with E-state index in [4.69, 9.17) is 0 Å². The van der Waals surface area contributed by atoms with Crippen molar-refractivity contribution < 1.29 is 4.79 Å². The molecule has 0 saturated carbocycles. The standard InChI is InChI=1S/C20H18BrN3OS/c1-11-4-7-17-14(8-11)19-15(10-26-17)18(23-24(19)3)20(25)22-16-6-5-13(21)9-12(16)2/h4-9H,10H2,1-3H3,(H,22,25). The van der Waals surface area contributed by atoms with E-state index >= 15 is 0 Å². The van der Waals surface area contributed by atoms with Crippen molar-refractivity contribution in [2.75, 3.05) is 5.32 Å². The van der Waals surface area contributed by atoms with Crippen LogP contribution in [0.3, 0.4) is 0 Å². The molecule has 6 heteroatoms. The molecule has 1 amide bonds. The fourth-order valence-electron chi connectivity index (χ4n) is 3.28. The van der Waals surface area contributed by atoms with E-state index in [2.05, 4.69) is 51.5 Å². The van der Waals surface area contributed by atoms with Crippen LogP contribution in [-0.4, -0.2) is 15.7 Å². The highest BCUT2D eigenvalue weighted by atomic mass is 79.9. The van der Waals surface area contributed by atoms with E-state index in [1.165, 1.54) is 10.5 Å². The van der Waals surface area contributed by atoms with E-state index in [1.807, 2.05) is 36.9 Å². The monoisotopic (exact) mass is 427 g/mol. The molecule has 0 saturated heterocycles. The first-order chi connectivity index (χ1) is 12.4. The normalized spacial score (nSPS) is 12.5. The molecule has 0 unspecified atom stereocenters. The summed E-state index contributed by atoms with van der Waals surface area (Å²) in [5, 5.41) is 7.55. The summed E-state index contributed by atoms with van der Waals surface area (Å²) in [4.78, 5) is 14.1. The molecule has 0 radical (unpaired) electrons. The van der Waals surface area contributed by atoms with Crippen LogP contribution in [0.15, 0.2) is 45.8 Å². The number of anilines is 1. The van der Waals surface area contributed by atoms with Gasteiger partial charge in [0, 0.05) is 39.0 Å². The SMILES string of the molecule is Cc1ccc2c(c1)-c1c(c(C(=O)Nc3ccc(Br)cc3C)nn1C)CS2. The second-order valence-electron chi connectivity index (χ2n) is 6.50. The van der Waals surface area contributed by atoms with Crippen molar-refractivity contribution in [1.29, 1.82) is 0 Å². The maximum atomic E-state index is 12.9. The Bertz CT molecular complexity index is 1040. The van der Waals surface area contributed by atoms with Gasteiger partial charge >= 0.3 is 0 Å². The number of rotatable bonds is 2. The van der Waals surface area contributed by atoms with Gasteiger partial charge < -0.3 is 5.32 Å². The number of carbonyl (C=O) groups is 1. The van der Waals surface area contributed by atoms with Gasteiger partial charge in [-0.2, -0.15) is 5.10 Å². The molecule has 2 heterocycles. The lowest BCUT2D eigenvalue weighted by Gasteiger charge is -2.18. The predicted molar refractivity (Wildman–Crippen MR) is 110 cm³/mol. The van der Waals surface area contributed by atoms with Gasteiger partial charge in [0.15, 0.2) is 5.69 Å². The van der Waals surface area contributed by atoms with Crippen molar-refractivity contribution in [3.8, 4) is 11.3 Å². The second-order valence-corrected chi connectivity index (χ2v) is 8.43. The number of aromatic nitrogens is 2. The Morgan fingerprint density at radius 2 is 2.04 bits per heavy atom. The topological polar surface area (TPSA) is 46.9 Å². The van der Waals surface area contributed by atoms with E-state index in [0.29, 0.717) is 5.69 Å². The zero-order valence-corrected chi connectivity index (χ0v) is 17.2. The minimum Gasteiger partial charge on any atom is -0.320 e. The van der Waals surface area contributed by atoms with E-state index in [0.717, 1.165) is 38.3 Å². The highest BCUT2D eigenvalue weighted by molar-refractivity contribution is 9.10. The molecule has 0 aliphatic carbocycles. The smallest absolute Gasteiger partial charge is 0.276 e. The fourth-order valence-corrected chi connectivity index (χ4v) is 4.80. The van der Waals surface area contributed by atoms with E-state index in [9.17, 15) is 4.79 Å². The Kier molecular flexibility index (Phi) is 4.40. The number of aryl methyl sites for hydroxylation is 3. The second kappa shape index (κ2) is 6.59. The van der Waals surface area contributed by atoms with E-state index in [1.54, 1.807) is 11.8 Å². The quantitative estimate of drug-likeness (QED) is 0.601. The summed E-state index contributed by atoms with van der Waals surface area (Å²) < 4.78 is 2.82. The highest BCUT2D eigenvalue weighted by Gasteiger charge is 2.28. The molecule has 0 bridgehead atoms. The lowest BCUT2D eigenvalue weighted by atomic mass is 10.0. The molecule has 1 N–H and O–H groups in total. The maximum absolute atomic E-state index is 12.9. The average molecular weight is 428 g/mol. The molecular weight excluding hydrogens is 410 g/mol. The van der Waals surface area contributed by atoms with Crippen LogP contribution in [0.4, 0.5) is 5.69 Å². The molecule has 0 spiro atoms. The summed E-state index contributed by atoms with van der Waals surface area (Å²) in [5.74, 6) is 0.588. The molecule has 132 valence electrons. The third kappa shape index (κ3) is 2.97. The number of thioether (sulfide) groups is 1. The number of fused-ring (bicyclic) bond motifs is 3. The van der Waals surface area contributed by atoms with Gasteiger partial charge in [0.25, 0.3) is 5.91 Å². The number of hydrogen-bond acceptors (Lipinski definition) is 3. The fraction of sp³-hybridized carbons (Fsp3) is 0.200. The van der Waals surface area contributed by atoms with Crippen LogP contribution in [-0.2, 0) is 12.8 Å². The molecule has 0 atom stereocenters. The number of nitrogens with one attached hydrogen (secondary N) is 1. The lowest BCUT2D eigenvalue weighted by Crippen LogP contribution is -2.15. The third-order valence-corrected chi connectivity index (χ3v) is 6.15. The van der Waals surface area contributed by atoms with Crippen LogP contribution in [0.1, 0.15) is 27.2 Å². The van der Waals surface area contributed by atoms with Gasteiger partial charge in [0.1, 0.15) is 0 Å². The predicted octanol–water partition coefficient (Wildman–Crippen LogP) is 5.32. The molecule has 26 heavy (non-hydrogen) atoms. The minimum absolute atomic E-state index is 0.163. The Morgan fingerprint density at radius 1 is 1.23 bits per heavy atom. The number of nitrogens with zero attached hydrogens (tertiary/aromatic N) is 2. The van der Waals surface area contributed by atoms with Crippen molar-refractivity contribution in [2.45, 2.75) is 24.5 Å². The number of benzene rings is 2. The van der Waals surface area contributed by atoms with Crippen molar-refractivity contribution in [2.24, 2.45) is 7.05 Å².